The van der Waals surface area contributed by atoms with Crippen molar-refractivity contribution in [2.24, 2.45) is 0 Å². The van der Waals surface area contributed by atoms with E-state index in [2.05, 4.69) is 22.8 Å². The lowest BCUT2D eigenvalue weighted by Crippen LogP contribution is -2.15. The van der Waals surface area contributed by atoms with Crippen LogP contribution in [-0.2, 0) is 24.3 Å². The Morgan fingerprint density at radius 3 is 3.11 bits per heavy atom. The maximum atomic E-state index is 5.70. The number of furan rings is 1. The highest BCUT2D eigenvalue weighted by Gasteiger charge is 2.20. The van der Waals surface area contributed by atoms with Gasteiger partial charge in [0.25, 0.3) is 0 Å². The molecule has 1 N–H and O–H groups in total. The lowest BCUT2D eigenvalue weighted by molar-refractivity contribution is 0.108. The number of nitrogens with one attached hydrogen (secondary N) is 1. The first-order chi connectivity index (χ1) is 9.42. The van der Waals surface area contributed by atoms with E-state index in [0.717, 1.165) is 31.4 Å². The number of ether oxygens (including phenoxy) is 1. The lowest BCUT2D eigenvalue weighted by atomic mass is 10.2. The SMILES string of the molecule is c1csc(CCOCc2occc2CNC2CC2)c1. The van der Waals surface area contributed by atoms with Gasteiger partial charge in [-0.25, -0.2) is 0 Å². The van der Waals surface area contributed by atoms with Gasteiger partial charge in [-0.05, 0) is 30.4 Å². The molecule has 0 spiro atoms. The molecule has 1 saturated carbocycles. The highest BCUT2D eigenvalue weighted by atomic mass is 32.1. The minimum atomic E-state index is 0.569. The molecule has 0 amide bonds. The van der Waals surface area contributed by atoms with Crippen LogP contribution in [0.1, 0.15) is 29.0 Å². The normalized spacial score (nSPS) is 14.9. The van der Waals surface area contributed by atoms with Crippen LogP contribution in [0.4, 0.5) is 0 Å². The summed E-state index contributed by atoms with van der Waals surface area (Å²) >= 11 is 1.78. The van der Waals surface area contributed by atoms with Crippen molar-refractivity contribution >= 4 is 11.3 Å². The number of hydrogen-bond donors (Lipinski definition) is 1. The van der Waals surface area contributed by atoms with Crippen LogP contribution in [0.5, 0.6) is 0 Å². The lowest BCUT2D eigenvalue weighted by Gasteiger charge is -2.05. The predicted molar refractivity (Wildman–Crippen MR) is 76.2 cm³/mol. The molecule has 0 aromatic carbocycles. The van der Waals surface area contributed by atoms with Gasteiger partial charge in [-0.1, -0.05) is 6.07 Å². The summed E-state index contributed by atoms with van der Waals surface area (Å²) in [5, 5.41) is 5.60. The molecule has 0 atom stereocenters. The fourth-order valence-electron chi connectivity index (χ4n) is 1.99. The molecule has 0 saturated heterocycles. The minimum absolute atomic E-state index is 0.569. The molecular formula is C15H19NO2S. The fraction of sp³-hybridized carbons (Fsp3) is 0.467. The number of thiophene rings is 1. The topological polar surface area (TPSA) is 34.4 Å². The van der Waals surface area contributed by atoms with Gasteiger partial charge in [0, 0.05) is 29.4 Å². The molecule has 2 heterocycles. The maximum absolute atomic E-state index is 5.70. The minimum Gasteiger partial charge on any atom is -0.467 e. The molecule has 2 aromatic heterocycles. The number of rotatable bonds is 8. The Balaban J connectivity index is 1.40. The summed E-state index contributed by atoms with van der Waals surface area (Å²) in [6.07, 6.45) is 5.35. The first kappa shape index (κ1) is 12.9. The van der Waals surface area contributed by atoms with E-state index >= 15 is 0 Å². The Hall–Kier alpha value is -1.10. The summed E-state index contributed by atoms with van der Waals surface area (Å²) in [7, 11) is 0. The molecule has 19 heavy (non-hydrogen) atoms. The van der Waals surface area contributed by atoms with E-state index in [1.54, 1.807) is 17.6 Å². The van der Waals surface area contributed by atoms with Gasteiger partial charge in [0.2, 0.25) is 0 Å². The largest absolute Gasteiger partial charge is 0.467 e. The van der Waals surface area contributed by atoms with Crippen LogP contribution >= 0.6 is 11.3 Å². The van der Waals surface area contributed by atoms with Gasteiger partial charge in [0.15, 0.2) is 0 Å². The summed E-state index contributed by atoms with van der Waals surface area (Å²) in [6.45, 7) is 2.21. The molecule has 3 rings (SSSR count). The predicted octanol–water partition coefficient (Wildman–Crippen LogP) is 3.35. The van der Waals surface area contributed by atoms with E-state index in [0.29, 0.717) is 6.61 Å². The smallest absolute Gasteiger partial charge is 0.133 e. The van der Waals surface area contributed by atoms with Gasteiger partial charge in [0.05, 0.1) is 12.9 Å². The van der Waals surface area contributed by atoms with Gasteiger partial charge in [-0.2, -0.15) is 0 Å². The highest BCUT2D eigenvalue weighted by molar-refractivity contribution is 7.09. The zero-order chi connectivity index (χ0) is 12.9. The molecule has 1 aliphatic rings. The standard InChI is InChI=1S/C15H19NO2S/c1-2-14(19-9-1)6-7-17-11-15-12(5-8-18-15)10-16-13-3-4-13/h1-2,5,8-9,13,16H,3-4,6-7,10-11H2. The van der Waals surface area contributed by atoms with E-state index in [1.165, 1.54) is 23.3 Å². The summed E-state index contributed by atoms with van der Waals surface area (Å²) in [4.78, 5) is 1.37. The van der Waals surface area contributed by atoms with Crippen LogP contribution in [0, 0.1) is 0 Å². The van der Waals surface area contributed by atoms with Crippen molar-refractivity contribution in [3.8, 4) is 0 Å². The maximum Gasteiger partial charge on any atom is 0.133 e. The second kappa shape index (κ2) is 6.37. The fourth-order valence-corrected chi connectivity index (χ4v) is 2.68. The van der Waals surface area contributed by atoms with Crippen LogP contribution in [0.3, 0.4) is 0 Å². The highest BCUT2D eigenvalue weighted by Crippen LogP contribution is 2.20. The monoisotopic (exact) mass is 277 g/mol. The molecule has 4 heteroatoms. The van der Waals surface area contributed by atoms with Crippen molar-refractivity contribution < 1.29 is 9.15 Å². The van der Waals surface area contributed by atoms with E-state index < -0.39 is 0 Å². The average Bonchev–Trinajstić information content (AvgIpc) is 2.92. The van der Waals surface area contributed by atoms with E-state index in [4.69, 9.17) is 9.15 Å². The zero-order valence-electron chi connectivity index (χ0n) is 10.9. The van der Waals surface area contributed by atoms with Crippen molar-refractivity contribution in [2.45, 2.75) is 38.5 Å². The molecule has 1 fully saturated rings. The van der Waals surface area contributed by atoms with Crippen LogP contribution < -0.4 is 5.32 Å². The van der Waals surface area contributed by atoms with Crippen molar-refractivity contribution in [3.63, 3.8) is 0 Å². The molecule has 0 bridgehead atoms. The third-order valence-corrected chi connectivity index (χ3v) is 4.24. The zero-order valence-corrected chi connectivity index (χ0v) is 11.7. The molecule has 2 aromatic rings. The molecule has 0 radical (unpaired) electrons. The summed E-state index contributed by atoms with van der Waals surface area (Å²) in [6, 6.07) is 6.98. The molecule has 1 aliphatic carbocycles. The van der Waals surface area contributed by atoms with E-state index in [-0.39, 0.29) is 0 Å². The Morgan fingerprint density at radius 2 is 2.32 bits per heavy atom. The second-order valence-corrected chi connectivity index (χ2v) is 5.94. The molecule has 0 unspecified atom stereocenters. The van der Waals surface area contributed by atoms with Gasteiger partial charge >= 0.3 is 0 Å². The third kappa shape index (κ3) is 3.93. The Morgan fingerprint density at radius 1 is 1.37 bits per heavy atom. The first-order valence-electron chi connectivity index (χ1n) is 6.80. The van der Waals surface area contributed by atoms with Crippen molar-refractivity contribution in [2.75, 3.05) is 6.61 Å². The summed E-state index contributed by atoms with van der Waals surface area (Å²) < 4.78 is 11.2. The average molecular weight is 277 g/mol. The van der Waals surface area contributed by atoms with E-state index in [1.807, 2.05) is 6.07 Å². The van der Waals surface area contributed by atoms with Gasteiger partial charge in [-0.15, -0.1) is 11.3 Å². The number of hydrogen-bond acceptors (Lipinski definition) is 4. The molecule has 102 valence electrons. The van der Waals surface area contributed by atoms with Gasteiger partial charge < -0.3 is 14.5 Å². The van der Waals surface area contributed by atoms with Gasteiger partial charge in [-0.3, -0.25) is 0 Å². The van der Waals surface area contributed by atoms with Crippen molar-refractivity contribution in [1.29, 1.82) is 0 Å². The van der Waals surface area contributed by atoms with Crippen LogP contribution in [0.2, 0.25) is 0 Å². The second-order valence-electron chi connectivity index (χ2n) is 4.91. The van der Waals surface area contributed by atoms with Crippen LogP contribution in [-0.4, -0.2) is 12.6 Å². The first-order valence-corrected chi connectivity index (χ1v) is 7.68. The summed E-state index contributed by atoms with van der Waals surface area (Å²) in [5.74, 6) is 0.958. The molecule has 3 nitrogen and oxygen atoms in total. The van der Waals surface area contributed by atoms with Crippen LogP contribution in [0.15, 0.2) is 34.3 Å². The quantitative estimate of drug-likeness (QED) is 0.751. The molecular weight excluding hydrogens is 258 g/mol. The van der Waals surface area contributed by atoms with Crippen LogP contribution in [0.25, 0.3) is 0 Å². The summed E-state index contributed by atoms with van der Waals surface area (Å²) in [5.41, 5.74) is 1.23. The Labute approximate surface area is 117 Å². The Bertz CT molecular complexity index is 488. The Kier molecular flexibility index (Phi) is 4.33. The van der Waals surface area contributed by atoms with E-state index in [9.17, 15) is 0 Å². The van der Waals surface area contributed by atoms with Gasteiger partial charge in [0.1, 0.15) is 12.4 Å². The van der Waals surface area contributed by atoms with Crippen molar-refractivity contribution in [1.82, 2.24) is 5.32 Å². The third-order valence-electron chi connectivity index (χ3n) is 3.30. The molecule has 0 aliphatic heterocycles. The van der Waals surface area contributed by atoms with Crippen molar-refractivity contribution in [3.05, 3.63) is 46.0 Å².